The van der Waals surface area contributed by atoms with Gasteiger partial charge in [0.25, 0.3) is 0 Å². The van der Waals surface area contributed by atoms with Crippen molar-refractivity contribution in [3.05, 3.63) is 29.8 Å². The Morgan fingerprint density at radius 1 is 1.43 bits per heavy atom. The lowest BCUT2D eigenvalue weighted by Crippen LogP contribution is -2.40. The summed E-state index contributed by atoms with van der Waals surface area (Å²) in [6, 6.07) is 7.54. The van der Waals surface area contributed by atoms with Crippen LogP contribution in [0.2, 0.25) is 0 Å². The Morgan fingerprint density at radius 3 is 2.95 bits per heavy atom. The van der Waals surface area contributed by atoms with Gasteiger partial charge >= 0.3 is 6.03 Å². The van der Waals surface area contributed by atoms with Crippen molar-refractivity contribution in [3.63, 3.8) is 0 Å². The maximum absolute atomic E-state index is 11.9. The van der Waals surface area contributed by atoms with Gasteiger partial charge in [0.15, 0.2) is 0 Å². The van der Waals surface area contributed by atoms with Crippen molar-refractivity contribution in [2.45, 2.75) is 38.8 Å². The first-order valence-corrected chi connectivity index (χ1v) is 7.52. The van der Waals surface area contributed by atoms with Gasteiger partial charge in [0.1, 0.15) is 5.75 Å². The SMILES string of the molecule is CC(C)C(O)CCNC(=O)NC1CCOc2ccccc21. The quantitative estimate of drug-likeness (QED) is 0.779. The van der Waals surface area contributed by atoms with E-state index in [0.29, 0.717) is 19.6 Å². The molecular weight excluding hydrogens is 268 g/mol. The lowest BCUT2D eigenvalue weighted by molar-refractivity contribution is 0.116. The number of ether oxygens (including phenoxy) is 1. The first-order valence-electron chi connectivity index (χ1n) is 7.52. The van der Waals surface area contributed by atoms with E-state index >= 15 is 0 Å². The summed E-state index contributed by atoms with van der Waals surface area (Å²) in [5, 5.41) is 15.5. The second-order valence-electron chi connectivity index (χ2n) is 5.73. The highest BCUT2D eigenvalue weighted by molar-refractivity contribution is 5.74. The van der Waals surface area contributed by atoms with E-state index in [4.69, 9.17) is 4.74 Å². The van der Waals surface area contributed by atoms with Crippen LogP contribution in [0.5, 0.6) is 5.75 Å². The van der Waals surface area contributed by atoms with Crippen molar-refractivity contribution in [1.29, 1.82) is 0 Å². The molecule has 0 saturated heterocycles. The molecule has 2 amide bonds. The Morgan fingerprint density at radius 2 is 2.19 bits per heavy atom. The predicted molar refractivity (Wildman–Crippen MR) is 81.3 cm³/mol. The third-order valence-corrected chi connectivity index (χ3v) is 3.76. The monoisotopic (exact) mass is 292 g/mol. The number of aliphatic hydroxyl groups excluding tert-OH is 1. The number of para-hydroxylation sites is 1. The zero-order chi connectivity index (χ0) is 15.2. The van der Waals surface area contributed by atoms with Crippen LogP contribution < -0.4 is 15.4 Å². The minimum absolute atomic E-state index is 0.0232. The number of fused-ring (bicyclic) bond motifs is 1. The number of carbonyl (C=O) groups excluding carboxylic acids is 1. The molecule has 116 valence electrons. The van der Waals surface area contributed by atoms with Crippen LogP contribution in [0.3, 0.4) is 0 Å². The highest BCUT2D eigenvalue weighted by Crippen LogP contribution is 2.31. The van der Waals surface area contributed by atoms with Crippen LogP contribution in [0.15, 0.2) is 24.3 Å². The summed E-state index contributed by atoms with van der Waals surface area (Å²) in [6.45, 7) is 5.00. The van der Waals surface area contributed by atoms with Crippen LogP contribution in [0.25, 0.3) is 0 Å². The third kappa shape index (κ3) is 4.36. The third-order valence-electron chi connectivity index (χ3n) is 3.76. The number of benzene rings is 1. The summed E-state index contributed by atoms with van der Waals surface area (Å²) in [4.78, 5) is 11.9. The van der Waals surface area contributed by atoms with Gasteiger partial charge in [-0.3, -0.25) is 0 Å². The molecule has 5 nitrogen and oxygen atoms in total. The second kappa shape index (κ2) is 7.31. The fraction of sp³-hybridized carbons (Fsp3) is 0.562. The molecule has 21 heavy (non-hydrogen) atoms. The Bertz CT molecular complexity index is 476. The number of carbonyl (C=O) groups is 1. The molecule has 1 aliphatic heterocycles. The summed E-state index contributed by atoms with van der Waals surface area (Å²) in [5.41, 5.74) is 1.01. The van der Waals surface area contributed by atoms with Crippen LogP contribution in [-0.2, 0) is 0 Å². The van der Waals surface area contributed by atoms with Gasteiger partial charge < -0.3 is 20.5 Å². The summed E-state index contributed by atoms with van der Waals surface area (Å²) in [7, 11) is 0. The van der Waals surface area contributed by atoms with Gasteiger partial charge in [-0.05, 0) is 18.4 Å². The number of nitrogens with one attached hydrogen (secondary N) is 2. The molecule has 1 aliphatic rings. The normalized spacial score (nSPS) is 18.6. The van der Waals surface area contributed by atoms with E-state index in [1.54, 1.807) is 0 Å². The smallest absolute Gasteiger partial charge is 0.315 e. The lowest BCUT2D eigenvalue weighted by Gasteiger charge is -2.26. The molecule has 0 aromatic heterocycles. The maximum Gasteiger partial charge on any atom is 0.315 e. The summed E-state index contributed by atoms with van der Waals surface area (Å²) in [6.07, 6.45) is 0.947. The summed E-state index contributed by atoms with van der Waals surface area (Å²) >= 11 is 0. The fourth-order valence-corrected chi connectivity index (χ4v) is 2.37. The zero-order valence-electron chi connectivity index (χ0n) is 12.6. The molecule has 1 aromatic rings. The Balaban J connectivity index is 1.81. The number of amides is 2. The van der Waals surface area contributed by atoms with E-state index in [9.17, 15) is 9.90 Å². The predicted octanol–water partition coefficient (Wildman–Crippen LogP) is 2.22. The molecule has 3 N–H and O–H groups in total. The number of rotatable bonds is 5. The van der Waals surface area contributed by atoms with E-state index in [1.165, 1.54) is 0 Å². The van der Waals surface area contributed by atoms with Crippen molar-refractivity contribution in [3.8, 4) is 5.75 Å². The average molecular weight is 292 g/mol. The highest BCUT2D eigenvalue weighted by atomic mass is 16.5. The number of hydrogen-bond donors (Lipinski definition) is 3. The van der Waals surface area contributed by atoms with Gasteiger partial charge in [0.05, 0.1) is 18.8 Å². The lowest BCUT2D eigenvalue weighted by atomic mass is 10.0. The van der Waals surface area contributed by atoms with Crippen molar-refractivity contribution in [2.24, 2.45) is 5.92 Å². The molecule has 1 heterocycles. The van der Waals surface area contributed by atoms with Gasteiger partial charge in [-0.15, -0.1) is 0 Å². The zero-order valence-corrected chi connectivity index (χ0v) is 12.6. The molecule has 0 saturated carbocycles. The molecule has 0 bridgehead atoms. The van der Waals surface area contributed by atoms with E-state index in [0.717, 1.165) is 17.7 Å². The minimum Gasteiger partial charge on any atom is -0.493 e. The van der Waals surface area contributed by atoms with Gasteiger partial charge in [-0.1, -0.05) is 32.0 Å². The van der Waals surface area contributed by atoms with E-state index in [-0.39, 0.29) is 24.1 Å². The number of urea groups is 1. The first-order chi connectivity index (χ1) is 10.1. The van der Waals surface area contributed by atoms with Crippen molar-refractivity contribution < 1.29 is 14.6 Å². The van der Waals surface area contributed by atoms with Crippen LogP contribution in [-0.4, -0.2) is 30.4 Å². The Kier molecular flexibility index (Phi) is 5.44. The van der Waals surface area contributed by atoms with Crippen molar-refractivity contribution in [2.75, 3.05) is 13.2 Å². The molecular formula is C16H24N2O3. The molecule has 0 spiro atoms. The van der Waals surface area contributed by atoms with E-state index in [1.807, 2.05) is 38.1 Å². The van der Waals surface area contributed by atoms with Crippen LogP contribution in [0, 0.1) is 5.92 Å². The highest BCUT2D eigenvalue weighted by Gasteiger charge is 2.22. The Labute approximate surface area is 125 Å². The average Bonchev–Trinajstić information content (AvgIpc) is 2.47. The van der Waals surface area contributed by atoms with E-state index < -0.39 is 0 Å². The van der Waals surface area contributed by atoms with Gasteiger partial charge in [0.2, 0.25) is 0 Å². The van der Waals surface area contributed by atoms with Crippen molar-refractivity contribution in [1.82, 2.24) is 10.6 Å². The fourth-order valence-electron chi connectivity index (χ4n) is 2.37. The summed E-state index contributed by atoms with van der Waals surface area (Å²) < 4.78 is 5.57. The molecule has 5 heteroatoms. The van der Waals surface area contributed by atoms with Gasteiger partial charge in [0, 0.05) is 18.5 Å². The summed E-state index contributed by atoms with van der Waals surface area (Å²) in [5.74, 6) is 1.04. The molecule has 0 fully saturated rings. The largest absolute Gasteiger partial charge is 0.493 e. The van der Waals surface area contributed by atoms with Crippen LogP contribution in [0.1, 0.15) is 38.3 Å². The second-order valence-corrected chi connectivity index (χ2v) is 5.73. The maximum atomic E-state index is 11.9. The van der Waals surface area contributed by atoms with E-state index in [2.05, 4.69) is 10.6 Å². The topological polar surface area (TPSA) is 70.6 Å². The number of hydrogen-bond acceptors (Lipinski definition) is 3. The standard InChI is InChI=1S/C16H24N2O3/c1-11(2)14(19)7-9-17-16(20)18-13-8-10-21-15-6-4-3-5-12(13)15/h3-6,11,13-14,19H,7-10H2,1-2H3,(H2,17,18,20). The van der Waals surface area contributed by atoms with Crippen molar-refractivity contribution >= 4 is 6.03 Å². The first kappa shape index (κ1) is 15.6. The molecule has 2 atom stereocenters. The molecule has 2 unspecified atom stereocenters. The van der Waals surface area contributed by atoms with Gasteiger partial charge in [-0.2, -0.15) is 0 Å². The minimum atomic E-state index is -0.380. The molecule has 1 aromatic carbocycles. The van der Waals surface area contributed by atoms with Gasteiger partial charge in [-0.25, -0.2) is 4.79 Å². The van der Waals surface area contributed by atoms with Crippen LogP contribution >= 0.6 is 0 Å². The van der Waals surface area contributed by atoms with Crippen LogP contribution in [0.4, 0.5) is 4.79 Å². The number of aliphatic hydroxyl groups is 1. The molecule has 0 aliphatic carbocycles. The molecule has 2 rings (SSSR count). The Hall–Kier alpha value is -1.75. The molecule has 0 radical (unpaired) electrons.